The van der Waals surface area contributed by atoms with Crippen LogP contribution < -0.4 is 21.3 Å². The second kappa shape index (κ2) is 13.2. The number of hydrogen-bond acceptors (Lipinski definition) is 5. The van der Waals surface area contributed by atoms with Crippen LogP contribution in [0.2, 0.25) is 0 Å². The first-order valence-corrected chi connectivity index (χ1v) is 14.0. The number of carbonyl (C=O) groups is 2. The quantitative estimate of drug-likeness (QED) is 0.152. The molecule has 2 unspecified atom stereocenters. The van der Waals surface area contributed by atoms with E-state index in [9.17, 15) is 22.8 Å². The fourth-order valence-corrected chi connectivity index (χ4v) is 4.82. The van der Waals surface area contributed by atoms with Gasteiger partial charge >= 0.3 is 12.2 Å². The molecule has 4 rings (SSSR count). The van der Waals surface area contributed by atoms with Crippen molar-refractivity contribution in [3.63, 3.8) is 0 Å². The number of nitrogens with two attached hydrogens (primary N) is 1. The van der Waals surface area contributed by atoms with Crippen molar-refractivity contribution in [1.82, 2.24) is 10.6 Å². The molecule has 1 aliphatic rings. The Bertz CT molecular complexity index is 1470. The Hall–Kier alpha value is -4.51. The van der Waals surface area contributed by atoms with E-state index in [2.05, 4.69) is 21.8 Å². The van der Waals surface area contributed by atoms with Gasteiger partial charge in [0.15, 0.2) is 0 Å². The maximum atomic E-state index is 13.6. The van der Waals surface area contributed by atoms with Crippen LogP contribution in [0, 0.1) is 5.53 Å². The fraction of sp³-hybridized carbons (Fsp3) is 0.312. The first-order valence-electron chi connectivity index (χ1n) is 14.0. The van der Waals surface area contributed by atoms with Crippen LogP contribution in [0.5, 0.6) is 0 Å². The first kappa shape index (κ1) is 31.4. The number of nitrogens with zero attached hydrogens (tertiary/aromatic N) is 2. The molecule has 0 saturated carbocycles. The molecule has 0 aromatic heterocycles. The molecule has 0 fully saturated rings. The topological polar surface area (TPSA) is 124 Å². The third kappa shape index (κ3) is 8.29. The molecule has 0 spiro atoms. The van der Waals surface area contributed by atoms with Gasteiger partial charge in [-0.1, -0.05) is 42.5 Å². The summed E-state index contributed by atoms with van der Waals surface area (Å²) in [5.74, 6) is -2.03. The van der Waals surface area contributed by atoms with Gasteiger partial charge in [0.25, 0.3) is 5.91 Å². The van der Waals surface area contributed by atoms with Gasteiger partial charge < -0.3 is 10.6 Å². The van der Waals surface area contributed by atoms with Crippen LogP contribution in [0.25, 0.3) is 5.57 Å². The van der Waals surface area contributed by atoms with Gasteiger partial charge in [0.1, 0.15) is 0 Å². The summed E-state index contributed by atoms with van der Waals surface area (Å²) in [6.45, 7) is 3.26. The molecule has 5 N–H and O–H groups in total. The summed E-state index contributed by atoms with van der Waals surface area (Å²) >= 11 is 0. The maximum Gasteiger partial charge on any atom is 0.416 e. The van der Waals surface area contributed by atoms with Crippen LogP contribution in [0.3, 0.4) is 0 Å². The summed E-state index contributed by atoms with van der Waals surface area (Å²) in [5.41, 5.74) is 16.6. The van der Waals surface area contributed by atoms with Crippen molar-refractivity contribution in [3.05, 3.63) is 107 Å². The number of carbonyl (C=O) groups excluding carboxylic acids is 2. The largest absolute Gasteiger partial charge is 0.416 e. The van der Waals surface area contributed by atoms with E-state index in [4.69, 9.17) is 11.3 Å². The molecule has 3 amide bonds. The summed E-state index contributed by atoms with van der Waals surface area (Å²) in [6.07, 6.45) is 2.17. The number of rotatable bonds is 9. The number of allylic oxidation sites excluding steroid dienone is 2. The van der Waals surface area contributed by atoms with E-state index < -0.39 is 35.5 Å². The van der Waals surface area contributed by atoms with Crippen molar-refractivity contribution in [1.29, 1.82) is 5.53 Å². The van der Waals surface area contributed by atoms with Gasteiger partial charge in [-0.25, -0.2) is 10.3 Å². The van der Waals surface area contributed by atoms with E-state index in [0.29, 0.717) is 16.8 Å². The van der Waals surface area contributed by atoms with Crippen molar-refractivity contribution in [2.75, 3.05) is 4.90 Å². The van der Waals surface area contributed by atoms with E-state index in [1.165, 1.54) is 31.1 Å². The Kier molecular flexibility index (Phi) is 9.65. The predicted molar refractivity (Wildman–Crippen MR) is 159 cm³/mol. The van der Waals surface area contributed by atoms with Crippen LogP contribution in [-0.2, 0) is 12.7 Å². The van der Waals surface area contributed by atoms with E-state index in [1.54, 1.807) is 36.1 Å². The minimum atomic E-state index is -4.45. The van der Waals surface area contributed by atoms with Gasteiger partial charge in [0.2, 0.25) is 5.79 Å². The van der Waals surface area contributed by atoms with E-state index >= 15 is 0 Å². The molecule has 1 aliphatic carbocycles. The number of amides is 3. The normalized spacial score (nSPS) is 15.4. The molecular weight excluding hydrogens is 557 g/mol. The zero-order chi connectivity index (χ0) is 31.2. The van der Waals surface area contributed by atoms with Gasteiger partial charge in [0, 0.05) is 11.3 Å². The molecule has 0 bridgehead atoms. The van der Waals surface area contributed by atoms with Crippen LogP contribution in [0.4, 0.5) is 23.7 Å². The first-order chi connectivity index (χ1) is 20.4. The Morgan fingerprint density at radius 3 is 2.21 bits per heavy atom. The molecule has 0 radical (unpaired) electrons. The van der Waals surface area contributed by atoms with Crippen LogP contribution in [-0.4, -0.2) is 17.7 Å². The van der Waals surface area contributed by atoms with Crippen LogP contribution in [0.1, 0.15) is 78.2 Å². The number of halogens is 3. The van der Waals surface area contributed by atoms with Crippen molar-refractivity contribution in [2.45, 2.75) is 64.1 Å². The lowest BCUT2D eigenvalue weighted by Gasteiger charge is -2.26. The highest BCUT2D eigenvalue weighted by atomic mass is 19.4. The number of alkyl halides is 3. The number of nitrogens with one attached hydrogen (secondary N) is 3. The van der Waals surface area contributed by atoms with E-state index in [1.807, 2.05) is 24.3 Å². The SMILES string of the molecule is CC(NC(=O)N(Cc1ccc(C(=O)NC(C)(N)N=N)cc1)c1ccc(C2=CCCCC2)cc1)c1ccc(C(F)(F)F)cc1. The summed E-state index contributed by atoms with van der Waals surface area (Å²) in [5, 5.41) is 8.54. The average Bonchev–Trinajstić information content (AvgIpc) is 3.00. The molecule has 3 aromatic carbocycles. The Morgan fingerprint density at radius 1 is 1.00 bits per heavy atom. The number of hydrogen-bond donors (Lipinski definition) is 4. The van der Waals surface area contributed by atoms with E-state index in [0.717, 1.165) is 42.5 Å². The molecule has 11 heteroatoms. The molecule has 3 aromatic rings. The molecule has 8 nitrogen and oxygen atoms in total. The van der Waals surface area contributed by atoms with Crippen molar-refractivity contribution >= 4 is 23.2 Å². The highest BCUT2D eigenvalue weighted by molar-refractivity contribution is 5.95. The molecule has 43 heavy (non-hydrogen) atoms. The Morgan fingerprint density at radius 2 is 1.65 bits per heavy atom. The zero-order valence-corrected chi connectivity index (χ0v) is 24.0. The molecule has 0 heterocycles. The Labute approximate surface area is 248 Å². The molecule has 226 valence electrons. The summed E-state index contributed by atoms with van der Waals surface area (Å²) in [6, 6.07) is 18.0. The van der Waals surface area contributed by atoms with Gasteiger partial charge in [-0.15, -0.1) is 0 Å². The van der Waals surface area contributed by atoms with Gasteiger partial charge in [-0.05, 0) is 98.2 Å². The number of benzene rings is 3. The minimum Gasteiger partial charge on any atom is -0.331 e. The van der Waals surface area contributed by atoms with Crippen LogP contribution in [0.15, 0.2) is 84.0 Å². The van der Waals surface area contributed by atoms with Crippen molar-refractivity contribution < 1.29 is 22.8 Å². The lowest BCUT2D eigenvalue weighted by atomic mass is 9.93. The second-order valence-corrected chi connectivity index (χ2v) is 10.8. The minimum absolute atomic E-state index is 0.159. The molecule has 0 aliphatic heterocycles. The predicted octanol–water partition coefficient (Wildman–Crippen LogP) is 7.53. The Balaban J connectivity index is 1.56. The molecular formula is C32H35F3N6O2. The third-order valence-electron chi connectivity index (χ3n) is 7.32. The zero-order valence-electron chi connectivity index (χ0n) is 24.0. The second-order valence-electron chi connectivity index (χ2n) is 10.8. The smallest absolute Gasteiger partial charge is 0.331 e. The number of anilines is 1. The lowest BCUT2D eigenvalue weighted by molar-refractivity contribution is -0.137. The highest BCUT2D eigenvalue weighted by Gasteiger charge is 2.30. The van der Waals surface area contributed by atoms with Gasteiger partial charge in [0.05, 0.1) is 18.2 Å². The molecule has 2 atom stereocenters. The summed E-state index contributed by atoms with van der Waals surface area (Å²) in [4.78, 5) is 27.7. The monoisotopic (exact) mass is 592 g/mol. The maximum absolute atomic E-state index is 13.6. The molecule has 0 saturated heterocycles. The average molecular weight is 593 g/mol. The van der Waals surface area contributed by atoms with Crippen molar-refractivity contribution in [2.24, 2.45) is 10.8 Å². The lowest BCUT2D eigenvalue weighted by Crippen LogP contribution is -2.51. The summed E-state index contributed by atoms with van der Waals surface area (Å²) < 4.78 is 39.1. The van der Waals surface area contributed by atoms with Gasteiger partial charge in [-0.2, -0.15) is 18.3 Å². The highest BCUT2D eigenvalue weighted by Crippen LogP contribution is 2.31. The van der Waals surface area contributed by atoms with Crippen molar-refractivity contribution in [3.8, 4) is 0 Å². The standard InChI is InChI=1S/C32H35F3N6O2/c1-21(23-12-16-27(17-13-23)32(33,34)35)38-30(43)41(28-18-14-25(15-19-28)24-6-4-3-5-7-24)20-22-8-10-26(11-9-22)29(42)39-31(2,36)40-37/h6,8-19,21,37H,3-5,7,20,36H2,1-2H3,(H,38,43)(H,39,42). The number of urea groups is 1. The van der Waals surface area contributed by atoms with Crippen LogP contribution >= 0.6 is 0 Å². The fourth-order valence-electron chi connectivity index (χ4n) is 4.82. The van der Waals surface area contributed by atoms with E-state index in [-0.39, 0.29) is 6.54 Å². The third-order valence-corrected chi connectivity index (χ3v) is 7.32. The van der Waals surface area contributed by atoms with Gasteiger partial charge in [-0.3, -0.25) is 15.4 Å². The summed E-state index contributed by atoms with van der Waals surface area (Å²) in [7, 11) is 0.